The van der Waals surface area contributed by atoms with Crippen LogP contribution in [0.15, 0.2) is 0 Å². The van der Waals surface area contributed by atoms with Crippen molar-refractivity contribution in [3.8, 4) is 0 Å². The molecule has 0 aliphatic rings. The summed E-state index contributed by atoms with van der Waals surface area (Å²) in [5, 5.41) is 0. The zero-order chi connectivity index (χ0) is 8.15. The van der Waals surface area contributed by atoms with Crippen molar-refractivity contribution < 1.29 is 14.3 Å². The first-order chi connectivity index (χ1) is 4.57. The average molecular weight is 146 g/mol. The van der Waals surface area contributed by atoms with Gasteiger partial charge in [-0.1, -0.05) is 0 Å². The molecule has 5 nitrogen and oxygen atoms in total. The summed E-state index contributed by atoms with van der Waals surface area (Å²) in [5.74, 6) is -1.45. The second-order valence-electron chi connectivity index (χ2n) is 1.75. The van der Waals surface area contributed by atoms with Crippen molar-refractivity contribution in [3.63, 3.8) is 0 Å². The number of rotatable bonds is 2. The molecule has 5 heteroatoms. The Kier molecular flexibility index (Phi) is 3.60. The predicted octanol–water partition coefficient (Wildman–Crippen LogP) is -1.64. The van der Waals surface area contributed by atoms with Crippen LogP contribution in [0.2, 0.25) is 0 Å². The van der Waals surface area contributed by atoms with Gasteiger partial charge in [0.2, 0.25) is 0 Å². The highest BCUT2D eigenvalue weighted by molar-refractivity contribution is 5.87. The van der Waals surface area contributed by atoms with Crippen LogP contribution in [0.4, 0.5) is 0 Å². The van der Waals surface area contributed by atoms with Crippen molar-refractivity contribution in [1.82, 2.24) is 0 Å². The maximum atomic E-state index is 10.5. The first kappa shape index (κ1) is 9.06. The van der Waals surface area contributed by atoms with Gasteiger partial charge < -0.3 is 16.2 Å². The normalized spacial score (nSPS) is 12.3. The van der Waals surface area contributed by atoms with E-state index >= 15 is 0 Å². The van der Waals surface area contributed by atoms with Crippen LogP contribution in [-0.4, -0.2) is 24.5 Å². The lowest BCUT2D eigenvalue weighted by molar-refractivity contribution is -0.158. The van der Waals surface area contributed by atoms with Gasteiger partial charge in [-0.2, -0.15) is 0 Å². The molecular weight excluding hydrogens is 136 g/mol. The second-order valence-corrected chi connectivity index (χ2v) is 1.75. The van der Waals surface area contributed by atoms with E-state index in [1.165, 1.54) is 0 Å². The fourth-order valence-corrected chi connectivity index (χ4v) is 0.314. The van der Waals surface area contributed by atoms with Crippen LogP contribution in [0.1, 0.15) is 6.92 Å². The molecule has 4 N–H and O–H groups in total. The zero-order valence-corrected chi connectivity index (χ0v) is 5.66. The smallest absolute Gasteiger partial charge is 0.331 e. The molecule has 0 heterocycles. The monoisotopic (exact) mass is 146 g/mol. The number of hydrogen-bond donors (Lipinski definition) is 2. The standard InChI is InChI=1S/C5H10N2O3/c1-3(8)10-5(9)4(7)2-6/h4H,2,6-7H2,1H3/t4-/m0/s1. The van der Waals surface area contributed by atoms with E-state index in [9.17, 15) is 9.59 Å². The fourth-order valence-electron chi connectivity index (χ4n) is 0.314. The van der Waals surface area contributed by atoms with Gasteiger partial charge in [0.05, 0.1) is 0 Å². The molecule has 0 aliphatic heterocycles. The molecule has 58 valence electrons. The molecular formula is C5H10N2O3. The van der Waals surface area contributed by atoms with Gasteiger partial charge >= 0.3 is 11.9 Å². The molecule has 0 saturated heterocycles. The Hall–Kier alpha value is -0.940. The summed E-state index contributed by atoms with van der Waals surface area (Å²) in [6.07, 6.45) is 0. The lowest BCUT2D eigenvalue weighted by Gasteiger charge is -2.04. The van der Waals surface area contributed by atoms with Crippen LogP contribution in [0.3, 0.4) is 0 Å². The lowest BCUT2D eigenvalue weighted by Crippen LogP contribution is -2.39. The number of carbonyl (C=O) groups is 2. The molecule has 0 aliphatic carbocycles. The minimum atomic E-state index is -0.899. The molecule has 0 fully saturated rings. The summed E-state index contributed by atoms with van der Waals surface area (Å²) in [6.45, 7) is 1.10. The Morgan fingerprint density at radius 3 is 2.40 bits per heavy atom. The maximum Gasteiger partial charge on any atom is 0.331 e. The first-order valence-electron chi connectivity index (χ1n) is 2.76. The van der Waals surface area contributed by atoms with Crippen molar-refractivity contribution >= 4 is 11.9 Å². The van der Waals surface area contributed by atoms with E-state index in [-0.39, 0.29) is 6.54 Å². The Morgan fingerprint density at radius 1 is 1.60 bits per heavy atom. The van der Waals surface area contributed by atoms with Crippen molar-refractivity contribution in [2.45, 2.75) is 13.0 Å². The topological polar surface area (TPSA) is 95.4 Å². The van der Waals surface area contributed by atoms with Crippen LogP contribution in [0.5, 0.6) is 0 Å². The van der Waals surface area contributed by atoms with Gasteiger partial charge in [-0.3, -0.25) is 4.79 Å². The highest BCUT2D eigenvalue weighted by Gasteiger charge is 2.14. The SMILES string of the molecule is CC(=O)OC(=O)[C@@H](N)CN. The van der Waals surface area contributed by atoms with Crippen LogP contribution >= 0.6 is 0 Å². The molecule has 0 bridgehead atoms. The van der Waals surface area contributed by atoms with Gasteiger partial charge in [-0.15, -0.1) is 0 Å². The summed E-state index contributed by atoms with van der Waals surface area (Å²) >= 11 is 0. The summed E-state index contributed by atoms with van der Waals surface area (Å²) < 4.78 is 4.12. The third-order valence-electron chi connectivity index (χ3n) is 0.801. The molecule has 0 aromatic heterocycles. The van der Waals surface area contributed by atoms with E-state index in [4.69, 9.17) is 11.5 Å². The zero-order valence-electron chi connectivity index (χ0n) is 5.66. The Labute approximate surface area is 58.3 Å². The van der Waals surface area contributed by atoms with Gasteiger partial charge in [0.25, 0.3) is 0 Å². The van der Waals surface area contributed by atoms with Gasteiger partial charge in [-0.25, -0.2) is 4.79 Å². The van der Waals surface area contributed by atoms with E-state index < -0.39 is 18.0 Å². The Balaban J connectivity index is 3.73. The minimum Gasteiger partial charge on any atom is -0.392 e. The van der Waals surface area contributed by atoms with Crippen LogP contribution in [0, 0.1) is 0 Å². The molecule has 0 amide bonds. The van der Waals surface area contributed by atoms with E-state index in [2.05, 4.69) is 4.74 Å². The predicted molar refractivity (Wildman–Crippen MR) is 33.8 cm³/mol. The van der Waals surface area contributed by atoms with Gasteiger partial charge in [-0.05, 0) is 0 Å². The van der Waals surface area contributed by atoms with Crippen molar-refractivity contribution in [2.24, 2.45) is 11.5 Å². The van der Waals surface area contributed by atoms with Crippen molar-refractivity contribution in [1.29, 1.82) is 0 Å². The van der Waals surface area contributed by atoms with Crippen molar-refractivity contribution in [3.05, 3.63) is 0 Å². The molecule has 0 aromatic rings. The maximum absolute atomic E-state index is 10.5. The molecule has 0 radical (unpaired) electrons. The molecule has 0 saturated carbocycles. The van der Waals surface area contributed by atoms with E-state index in [0.29, 0.717) is 0 Å². The summed E-state index contributed by atoms with van der Waals surface area (Å²) in [4.78, 5) is 20.7. The Morgan fingerprint density at radius 2 is 2.10 bits per heavy atom. The Bertz CT molecular complexity index is 146. The number of esters is 2. The van der Waals surface area contributed by atoms with Gasteiger partial charge in [0.15, 0.2) is 0 Å². The van der Waals surface area contributed by atoms with E-state index in [0.717, 1.165) is 6.92 Å². The molecule has 0 spiro atoms. The largest absolute Gasteiger partial charge is 0.392 e. The number of carbonyl (C=O) groups excluding carboxylic acids is 2. The summed E-state index contributed by atoms with van der Waals surface area (Å²) in [5.41, 5.74) is 10.1. The highest BCUT2D eigenvalue weighted by atomic mass is 16.6. The molecule has 0 rings (SSSR count). The van der Waals surface area contributed by atoms with E-state index in [1.54, 1.807) is 0 Å². The molecule has 0 aromatic carbocycles. The number of ether oxygens (including phenoxy) is 1. The summed E-state index contributed by atoms with van der Waals surface area (Å²) in [7, 11) is 0. The summed E-state index contributed by atoms with van der Waals surface area (Å²) in [6, 6.07) is -0.899. The molecule has 0 unspecified atom stereocenters. The van der Waals surface area contributed by atoms with E-state index in [1.807, 2.05) is 0 Å². The lowest BCUT2D eigenvalue weighted by atomic mass is 10.3. The fraction of sp³-hybridized carbons (Fsp3) is 0.600. The van der Waals surface area contributed by atoms with Crippen molar-refractivity contribution in [2.75, 3.05) is 6.54 Å². The van der Waals surface area contributed by atoms with Crippen LogP contribution < -0.4 is 11.5 Å². The highest BCUT2D eigenvalue weighted by Crippen LogP contribution is 1.83. The molecule has 1 atom stereocenters. The average Bonchev–Trinajstić information content (AvgIpc) is 1.85. The number of nitrogens with two attached hydrogens (primary N) is 2. The number of hydrogen-bond acceptors (Lipinski definition) is 5. The van der Waals surface area contributed by atoms with Crippen LogP contribution in [0.25, 0.3) is 0 Å². The molecule has 10 heavy (non-hydrogen) atoms. The van der Waals surface area contributed by atoms with Crippen LogP contribution in [-0.2, 0) is 14.3 Å². The third-order valence-corrected chi connectivity index (χ3v) is 0.801. The quantitative estimate of drug-likeness (QED) is 0.360. The van der Waals surface area contributed by atoms with Gasteiger partial charge in [0, 0.05) is 13.5 Å². The minimum absolute atomic E-state index is 0.0217. The van der Waals surface area contributed by atoms with Gasteiger partial charge in [0.1, 0.15) is 6.04 Å². The third kappa shape index (κ3) is 3.16. The second kappa shape index (κ2) is 3.97. The first-order valence-corrected chi connectivity index (χ1v) is 2.76.